The van der Waals surface area contributed by atoms with Crippen LogP contribution in [0.1, 0.15) is 36.0 Å². The second-order valence-corrected chi connectivity index (χ2v) is 7.87. The summed E-state index contributed by atoms with van der Waals surface area (Å²) in [5.41, 5.74) is 0.854. The summed E-state index contributed by atoms with van der Waals surface area (Å²) in [4.78, 5) is 25.3. The second-order valence-electron chi connectivity index (χ2n) is 7.47. The quantitative estimate of drug-likeness (QED) is 0.760. The molecule has 2 aromatic carbocycles. The van der Waals surface area contributed by atoms with Crippen LogP contribution in [0.2, 0.25) is 5.02 Å². The van der Waals surface area contributed by atoms with Gasteiger partial charge in [-0.05, 0) is 56.0 Å². The lowest BCUT2D eigenvalue weighted by Crippen LogP contribution is -2.39. The van der Waals surface area contributed by atoms with Gasteiger partial charge in [-0.15, -0.1) is 0 Å². The van der Waals surface area contributed by atoms with E-state index in [1.807, 2.05) is 0 Å². The van der Waals surface area contributed by atoms with E-state index in [0.717, 1.165) is 0 Å². The molecule has 0 spiro atoms. The lowest BCUT2D eigenvalue weighted by Gasteiger charge is -2.29. The Balaban J connectivity index is 1.31. The van der Waals surface area contributed by atoms with E-state index in [0.29, 0.717) is 61.6 Å². The van der Waals surface area contributed by atoms with Crippen LogP contribution in [0.25, 0.3) is 0 Å². The van der Waals surface area contributed by atoms with E-state index < -0.39 is 5.82 Å². The molecule has 0 saturated heterocycles. The van der Waals surface area contributed by atoms with Crippen LogP contribution in [0.5, 0.6) is 11.5 Å². The SMILES string of the molecule is O=C(NC1CCC(C(=O)Nc2ccc(F)cc2Cl)CC1)c1cccc2c1OCCO2. The molecule has 8 heteroatoms. The monoisotopic (exact) mass is 432 g/mol. The summed E-state index contributed by atoms with van der Waals surface area (Å²) in [6, 6.07) is 9.12. The molecule has 0 aromatic heterocycles. The predicted octanol–water partition coefficient (Wildman–Crippen LogP) is 4.18. The third-order valence-corrected chi connectivity index (χ3v) is 5.75. The van der Waals surface area contributed by atoms with Gasteiger partial charge in [-0.3, -0.25) is 9.59 Å². The van der Waals surface area contributed by atoms with E-state index in [1.165, 1.54) is 18.2 Å². The van der Waals surface area contributed by atoms with Crippen molar-refractivity contribution in [3.63, 3.8) is 0 Å². The largest absolute Gasteiger partial charge is 0.486 e. The standard InChI is InChI=1S/C22H22ClFN2O4/c23-17-12-14(24)6-9-18(17)26-21(27)13-4-7-15(8-5-13)25-22(28)16-2-1-3-19-20(16)30-11-10-29-19/h1-3,6,9,12-13,15H,4-5,7-8,10-11H2,(H,25,28)(H,26,27). The first-order chi connectivity index (χ1) is 14.5. The van der Waals surface area contributed by atoms with E-state index in [1.54, 1.807) is 18.2 Å². The molecule has 1 aliphatic carbocycles. The van der Waals surface area contributed by atoms with Crippen LogP contribution in [-0.4, -0.2) is 31.1 Å². The average molecular weight is 433 g/mol. The van der Waals surface area contributed by atoms with Gasteiger partial charge in [0.15, 0.2) is 11.5 Å². The molecule has 2 N–H and O–H groups in total. The van der Waals surface area contributed by atoms with Crippen molar-refractivity contribution >= 4 is 29.1 Å². The number of halogens is 2. The van der Waals surface area contributed by atoms with E-state index in [2.05, 4.69) is 10.6 Å². The Morgan fingerprint density at radius 3 is 2.57 bits per heavy atom. The molecule has 158 valence electrons. The molecule has 1 aliphatic heterocycles. The van der Waals surface area contributed by atoms with Gasteiger partial charge in [0.1, 0.15) is 19.0 Å². The highest BCUT2D eigenvalue weighted by Gasteiger charge is 2.29. The molecule has 1 saturated carbocycles. The molecule has 0 atom stereocenters. The third kappa shape index (κ3) is 4.51. The highest BCUT2D eigenvalue weighted by atomic mass is 35.5. The summed E-state index contributed by atoms with van der Waals surface area (Å²) in [5, 5.41) is 5.98. The van der Waals surface area contributed by atoms with Gasteiger partial charge < -0.3 is 20.1 Å². The molecule has 6 nitrogen and oxygen atoms in total. The molecule has 30 heavy (non-hydrogen) atoms. The Hall–Kier alpha value is -2.80. The Labute approximate surface area is 178 Å². The van der Waals surface area contributed by atoms with Gasteiger partial charge >= 0.3 is 0 Å². The number of carbonyl (C=O) groups is 2. The van der Waals surface area contributed by atoms with Crippen molar-refractivity contribution in [3.05, 3.63) is 52.8 Å². The van der Waals surface area contributed by atoms with Crippen molar-refractivity contribution in [2.24, 2.45) is 5.92 Å². The summed E-state index contributed by atoms with van der Waals surface area (Å²) >= 11 is 5.98. The van der Waals surface area contributed by atoms with E-state index in [-0.39, 0.29) is 28.8 Å². The number of para-hydroxylation sites is 1. The molecule has 2 aliphatic rings. The zero-order valence-corrected chi connectivity index (χ0v) is 17.0. The number of rotatable bonds is 4. The smallest absolute Gasteiger partial charge is 0.255 e. The topological polar surface area (TPSA) is 76.7 Å². The van der Waals surface area contributed by atoms with Gasteiger partial charge in [0.25, 0.3) is 5.91 Å². The number of nitrogens with one attached hydrogen (secondary N) is 2. The number of carbonyl (C=O) groups excluding carboxylic acids is 2. The minimum absolute atomic E-state index is 0.0173. The van der Waals surface area contributed by atoms with Crippen LogP contribution in [-0.2, 0) is 4.79 Å². The van der Waals surface area contributed by atoms with Gasteiger partial charge in [-0.25, -0.2) is 4.39 Å². The molecule has 4 rings (SSSR count). The number of benzene rings is 2. The van der Waals surface area contributed by atoms with Gasteiger partial charge in [0.05, 0.1) is 16.3 Å². The first-order valence-corrected chi connectivity index (χ1v) is 10.3. The molecule has 0 radical (unpaired) electrons. The fraction of sp³-hybridized carbons (Fsp3) is 0.364. The fourth-order valence-corrected chi connectivity index (χ4v) is 4.06. The summed E-state index contributed by atoms with van der Waals surface area (Å²) < 4.78 is 24.3. The van der Waals surface area contributed by atoms with Gasteiger partial charge in [0.2, 0.25) is 5.91 Å². The Morgan fingerprint density at radius 2 is 1.80 bits per heavy atom. The van der Waals surface area contributed by atoms with Crippen LogP contribution in [0, 0.1) is 11.7 Å². The van der Waals surface area contributed by atoms with Crippen molar-refractivity contribution in [2.45, 2.75) is 31.7 Å². The van der Waals surface area contributed by atoms with E-state index >= 15 is 0 Å². The van der Waals surface area contributed by atoms with Gasteiger partial charge in [-0.2, -0.15) is 0 Å². The third-order valence-electron chi connectivity index (χ3n) is 5.43. The Bertz CT molecular complexity index is 960. The number of anilines is 1. The molecule has 0 unspecified atom stereocenters. The van der Waals surface area contributed by atoms with Gasteiger partial charge in [-0.1, -0.05) is 17.7 Å². The van der Waals surface area contributed by atoms with Crippen LogP contribution in [0.15, 0.2) is 36.4 Å². The maximum atomic E-state index is 13.2. The van der Waals surface area contributed by atoms with Crippen molar-refractivity contribution in [3.8, 4) is 11.5 Å². The van der Waals surface area contributed by atoms with Crippen molar-refractivity contribution in [1.29, 1.82) is 0 Å². The highest BCUT2D eigenvalue weighted by Crippen LogP contribution is 2.34. The minimum Gasteiger partial charge on any atom is -0.486 e. The predicted molar refractivity (Wildman–Crippen MR) is 111 cm³/mol. The summed E-state index contributed by atoms with van der Waals surface area (Å²) in [6.45, 7) is 0.878. The summed E-state index contributed by atoms with van der Waals surface area (Å²) in [7, 11) is 0. The molecule has 1 heterocycles. The molecule has 2 aromatic rings. The Morgan fingerprint density at radius 1 is 1.03 bits per heavy atom. The number of amides is 2. The number of hydrogen-bond acceptors (Lipinski definition) is 4. The van der Waals surface area contributed by atoms with Crippen molar-refractivity contribution in [2.75, 3.05) is 18.5 Å². The van der Waals surface area contributed by atoms with E-state index in [4.69, 9.17) is 21.1 Å². The van der Waals surface area contributed by atoms with Gasteiger partial charge in [0, 0.05) is 12.0 Å². The highest BCUT2D eigenvalue weighted by molar-refractivity contribution is 6.33. The maximum absolute atomic E-state index is 13.2. The normalized spacial score (nSPS) is 20.3. The molecule has 2 amide bonds. The van der Waals surface area contributed by atoms with Crippen molar-refractivity contribution < 1.29 is 23.5 Å². The van der Waals surface area contributed by atoms with Crippen molar-refractivity contribution in [1.82, 2.24) is 5.32 Å². The second kappa shape index (κ2) is 8.92. The van der Waals surface area contributed by atoms with E-state index in [9.17, 15) is 14.0 Å². The lowest BCUT2D eigenvalue weighted by molar-refractivity contribution is -0.120. The number of ether oxygens (including phenoxy) is 2. The van der Waals surface area contributed by atoms with Crippen LogP contribution >= 0.6 is 11.6 Å². The van der Waals surface area contributed by atoms with Crippen LogP contribution < -0.4 is 20.1 Å². The average Bonchev–Trinajstić information content (AvgIpc) is 2.75. The lowest BCUT2D eigenvalue weighted by atomic mass is 9.85. The first-order valence-electron chi connectivity index (χ1n) is 9.96. The zero-order valence-electron chi connectivity index (χ0n) is 16.3. The molecular weight excluding hydrogens is 411 g/mol. The van der Waals surface area contributed by atoms with Crippen LogP contribution in [0.4, 0.5) is 10.1 Å². The first kappa shape index (κ1) is 20.5. The zero-order chi connectivity index (χ0) is 21.1. The number of hydrogen-bond donors (Lipinski definition) is 2. The Kier molecular flexibility index (Phi) is 6.08. The maximum Gasteiger partial charge on any atom is 0.255 e. The summed E-state index contributed by atoms with van der Waals surface area (Å²) in [6.07, 6.45) is 2.66. The molecule has 0 bridgehead atoms. The van der Waals surface area contributed by atoms with Crippen LogP contribution in [0.3, 0.4) is 0 Å². The number of fused-ring (bicyclic) bond motifs is 1. The minimum atomic E-state index is -0.453. The summed E-state index contributed by atoms with van der Waals surface area (Å²) in [5.74, 6) is 0.0740. The molecule has 1 fully saturated rings. The molecular formula is C22H22ClFN2O4. The fourth-order valence-electron chi connectivity index (χ4n) is 3.84.